The maximum Gasteiger partial charge on any atom is 0.145 e. The molecule has 0 amide bonds. The van der Waals surface area contributed by atoms with Gasteiger partial charge >= 0.3 is 0 Å². The highest BCUT2D eigenvalue weighted by Gasteiger charge is 2.22. The number of hydrogen-bond donors (Lipinski definition) is 0. The smallest absolute Gasteiger partial charge is 0.145 e. The molecule has 0 spiro atoms. The Morgan fingerprint density at radius 1 is 0.467 bits per heavy atom. The maximum absolute atomic E-state index is 6.75. The van der Waals surface area contributed by atoms with E-state index in [1.54, 1.807) is 0 Å². The molecule has 212 valence electrons. The van der Waals surface area contributed by atoms with Crippen molar-refractivity contribution < 1.29 is 4.42 Å². The Kier molecular flexibility index (Phi) is 5.82. The third kappa shape index (κ3) is 4.05. The van der Waals surface area contributed by atoms with E-state index in [9.17, 15) is 0 Å². The van der Waals surface area contributed by atoms with Crippen molar-refractivity contribution in [3.05, 3.63) is 170 Å². The molecule has 0 radical (unpaired) electrons. The Labute approximate surface area is 260 Å². The summed E-state index contributed by atoms with van der Waals surface area (Å²) in [7, 11) is 0. The first-order valence-corrected chi connectivity index (χ1v) is 15.3. The minimum Gasteiger partial charge on any atom is -0.455 e. The van der Waals surface area contributed by atoms with Crippen LogP contribution < -0.4 is 4.90 Å². The molecule has 0 aliphatic carbocycles. The third-order valence-electron chi connectivity index (χ3n) is 8.77. The number of fused-ring (bicyclic) bond motifs is 6. The monoisotopic (exact) mass is 576 g/mol. The zero-order chi connectivity index (χ0) is 29.7. The molecular formula is C42H28N2O. The van der Waals surface area contributed by atoms with Crippen LogP contribution in [0.4, 0.5) is 17.1 Å². The molecule has 9 rings (SSSR count). The lowest BCUT2D eigenvalue weighted by Crippen LogP contribution is -2.10. The van der Waals surface area contributed by atoms with E-state index in [0.717, 1.165) is 55.8 Å². The van der Waals surface area contributed by atoms with E-state index >= 15 is 0 Å². The second kappa shape index (κ2) is 10.3. The van der Waals surface area contributed by atoms with Gasteiger partial charge in [-0.3, -0.25) is 0 Å². The molecule has 45 heavy (non-hydrogen) atoms. The predicted octanol–water partition coefficient (Wildman–Crippen LogP) is 11.8. The summed E-state index contributed by atoms with van der Waals surface area (Å²) >= 11 is 0. The quantitative estimate of drug-likeness (QED) is 0.203. The molecule has 3 heteroatoms. The van der Waals surface area contributed by atoms with Gasteiger partial charge in [-0.05, 0) is 72.3 Å². The second-order valence-corrected chi connectivity index (χ2v) is 11.4. The van der Waals surface area contributed by atoms with Crippen LogP contribution in [0.25, 0.3) is 60.6 Å². The fourth-order valence-electron chi connectivity index (χ4n) is 6.80. The number of furan rings is 1. The van der Waals surface area contributed by atoms with Crippen molar-refractivity contribution in [1.82, 2.24) is 4.57 Å². The molecule has 0 saturated heterocycles. The molecule has 0 N–H and O–H groups in total. The number of rotatable bonds is 5. The molecule has 0 fully saturated rings. The first-order valence-electron chi connectivity index (χ1n) is 15.3. The topological polar surface area (TPSA) is 21.3 Å². The van der Waals surface area contributed by atoms with Gasteiger partial charge in [0.25, 0.3) is 0 Å². The Balaban J connectivity index is 1.33. The molecule has 7 aromatic carbocycles. The molecule has 2 heterocycles. The van der Waals surface area contributed by atoms with Crippen molar-refractivity contribution >= 4 is 60.8 Å². The number of hydrogen-bond acceptors (Lipinski definition) is 2. The van der Waals surface area contributed by atoms with Crippen LogP contribution in [0.15, 0.2) is 174 Å². The van der Waals surface area contributed by atoms with Gasteiger partial charge in [0.1, 0.15) is 11.2 Å². The Bertz CT molecular complexity index is 2440. The molecule has 0 saturated carbocycles. The van der Waals surface area contributed by atoms with Crippen molar-refractivity contribution in [2.75, 3.05) is 4.90 Å². The zero-order valence-electron chi connectivity index (χ0n) is 24.5. The van der Waals surface area contributed by atoms with Crippen LogP contribution in [0.2, 0.25) is 0 Å². The highest BCUT2D eigenvalue weighted by molar-refractivity contribution is 6.18. The number of anilines is 3. The van der Waals surface area contributed by atoms with E-state index in [4.69, 9.17) is 4.42 Å². The summed E-state index contributed by atoms with van der Waals surface area (Å²) in [5.41, 5.74) is 10.7. The van der Waals surface area contributed by atoms with Crippen LogP contribution in [-0.4, -0.2) is 4.57 Å². The average molecular weight is 577 g/mol. The fraction of sp³-hybridized carbons (Fsp3) is 0. The van der Waals surface area contributed by atoms with Crippen LogP contribution >= 0.6 is 0 Å². The van der Waals surface area contributed by atoms with Crippen LogP contribution in [0.1, 0.15) is 0 Å². The molecular weight excluding hydrogens is 548 g/mol. The molecule has 0 atom stereocenters. The summed E-state index contributed by atoms with van der Waals surface area (Å²) in [6.07, 6.45) is 0. The summed E-state index contributed by atoms with van der Waals surface area (Å²) in [5, 5.41) is 4.67. The predicted molar refractivity (Wildman–Crippen MR) is 188 cm³/mol. The van der Waals surface area contributed by atoms with Gasteiger partial charge in [0.2, 0.25) is 0 Å². The molecule has 2 aromatic heterocycles. The third-order valence-corrected chi connectivity index (χ3v) is 8.77. The van der Waals surface area contributed by atoms with Gasteiger partial charge in [0.15, 0.2) is 0 Å². The molecule has 0 bridgehead atoms. The van der Waals surface area contributed by atoms with Crippen molar-refractivity contribution in [2.45, 2.75) is 0 Å². The van der Waals surface area contributed by atoms with Gasteiger partial charge in [0.05, 0.1) is 22.1 Å². The lowest BCUT2D eigenvalue weighted by molar-refractivity contribution is 0.670. The summed E-state index contributed by atoms with van der Waals surface area (Å²) in [4.78, 5) is 2.32. The van der Waals surface area contributed by atoms with E-state index in [2.05, 4.69) is 173 Å². The van der Waals surface area contributed by atoms with Crippen LogP contribution in [0.5, 0.6) is 0 Å². The minimum atomic E-state index is 0.877. The molecule has 9 aromatic rings. The van der Waals surface area contributed by atoms with E-state index in [1.165, 1.54) is 21.8 Å². The van der Waals surface area contributed by atoms with Crippen molar-refractivity contribution in [1.29, 1.82) is 0 Å². The molecule has 0 aliphatic heterocycles. The summed E-state index contributed by atoms with van der Waals surface area (Å²) in [6, 6.07) is 60.0. The van der Waals surface area contributed by atoms with Gasteiger partial charge in [0, 0.05) is 38.8 Å². The summed E-state index contributed by atoms with van der Waals surface area (Å²) in [6.45, 7) is 0. The van der Waals surface area contributed by atoms with Crippen LogP contribution in [-0.2, 0) is 0 Å². The molecule has 0 unspecified atom stereocenters. The second-order valence-electron chi connectivity index (χ2n) is 11.4. The number of benzene rings is 7. The Morgan fingerprint density at radius 2 is 1.07 bits per heavy atom. The van der Waals surface area contributed by atoms with Gasteiger partial charge < -0.3 is 13.9 Å². The highest BCUT2D eigenvalue weighted by Crippen LogP contribution is 2.46. The lowest BCUT2D eigenvalue weighted by Gasteiger charge is -2.26. The highest BCUT2D eigenvalue weighted by atomic mass is 16.3. The van der Waals surface area contributed by atoms with E-state index in [1.807, 2.05) is 6.07 Å². The average Bonchev–Trinajstić information content (AvgIpc) is 3.66. The first-order chi connectivity index (χ1) is 22.3. The van der Waals surface area contributed by atoms with E-state index in [-0.39, 0.29) is 0 Å². The molecule has 0 aliphatic rings. The van der Waals surface area contributed by atoms with E-state index < -0.39 is 0 Å². The van der Waals surface area contributed by atoms with Crippen LogP contribution in [0.3, 0.4) is 0 Å². The van der Waals surface area contributed by atoms with Gasteiger partial charge in [-0.15, -0.1) is 0 Å². The maximum atomic E-state index is 6.75. The number of aromatic nitrogens is 1. The standard InChI is InChI=1S/C42H28N2O/c1-4-14-30(15-5-1)43(31-16-6-2-7-17-31)38-27-26-33(42-41(38)36-21-11-13-23-40(36)45-42)29-24-25-35-34-20-10-12-22-37(34)44(39(35)28-29)32-18-8-3-9-19-32/h1-28H. The first kappa shape index (κ1) is 25.4. The lowest BCUT2D eigenvalue weighted by atomic mass is 9.98. The van der Waals surface area contributed by atoms with Gasteiger partial charge in [-0.2, -0.15) is 0 Å². The van der Waals surface area contributed by atoms with Crippen molar-refractivity contribution in [3.8, 4) is 16.8 Å². The minimum absolute atomic E-state index is 0.877. The summed E-state index contributed by atoms with van der Waals surface area (Å²) < 4.78 is 9.12. The van der Waals surface area contributed by atoms with Crippen molar-refractivity contribution in [2.24, 2.45) is 0 Å². The fourth-order valence-corrected chi connectivity index (χ4v) is 6.80. The SMILES string of the molecule is c1ccc(N(c2ccccc2)c2ccc(-c3ccc4c5ccccc5n(-c5ccccc5)c4c3)c3oc4ccccc4c23)cc1. The normalized spacial score (nSPS) is 11.6. The Morgan fingerprint density at radius 3 is 1.80 bits per heavy atom. The van der Waals surface area contributed by atoms with E-state index in [0.29, 0.717) is 0 Å². The largest absolute Gasteiger partial charge is 0.455 e. The summed E-state index contributed by atoms with van der Waals surface area (Å²) in [5.74, 6) is 0. The molecule has 3 nitrogen and oxygen atoms in total. The van der Waals surface area contributed by atoms with Gasteiger partial charge in [-0.25, -0.2) is 0 Å². The Hall–Kier alpha value is -6.06. The van der Waals surface area contributed by atoms with Crippen LogP contribution in [0, 0.1) is 0 Å². The number of para-hydroxylation sites is 5. The number of nitrogens with zero attached hydrogens (tertiary/aromatic N) is 2. The van der Waals surface area contributed by atoms with Crippen molar-refractivity contribution in [3.63, 3.8) is 0 Å². The van der Waals surface area contributed by atoms with Gasteiger partial charge in [-0.1, -0.05) is 103 Å². The zero-order valence-corrected chi connectivity index (χ0v) is 24.5.